The van der Waals surface area contributed by atoms with Crippen LogP contribution in [-0.2, 0) is 12.7 Å². The molecular weight excluding hydrogens is 263 g/mol. The van der Waals surface area contributed by atoms with Gasteiger partial charge in [-0.2, -0.15) is 13.2 Å². The Labute approximate surface area is 105 Å². The van der Waals surface area contributed by atoms with E-state index in [1.54, 1.807) is 0 Å². The second-order valence-electron chi connectivity index (χ2n) is 3.89. The minimum absolute atomic E-state index is 0.0125. The Morgan fingerprint density at radius 3 is 2.63 bits per heavy atom. The molecule has 5 nitrogen and oxygen atoms in total. The lowest BCUT2D eigenvalue weighted by atomic mass is 10.2. The number of aliphatic hydroxyl groups is 1. The van der Waals surface area contributed by atoms with Crippen LogP contribution in [0, 0.1) is 0 Å². The van der Waals surface area contributed by atoms with Gasteiger partial charge in [0.1, 0.15) is 0 Å². The Balaban J connectivity index is 2.86. The van der Waals surface area contributed by atoms with Crippen molar-refractivity contribution in [1.82, 2.24) is 9.55 Å². The molecule has 3 N–H and O–H groups in total. The van der Waals surface area contributed by atoms with Gasteiger partial charge in [0.25, 0.3) is 5.56 Å². The first-order valence-electron chi connectivity index (χ1n) is 5.32. The molecule has 0 fully saturated rings. The molecule has 19 heavy (non-hydrogen) atoms. The van der Waals surface area contributed by atoms with Crippen LogP contribution in [0.3, 0.4) is 0 Å². The maximum Gasteiger partial charge on any atom is 0.449 e. The highest BCUT2D eigenvalue weighted by Gasteiger charge is 2.37. The van der Waals surface area contributed by atoms with Crippen LogP contribution < -0.4 is 11.3 Å². The third kappa shape index (κ3) is 2.39. The van der Waals surface area contributed by atoms with Crippen molar-refractivity contribution in [2.45, 2.75) is 12.7 Å². The fourth-order valence-electron chi connectivity index (χ4n) is 1.76. The lowest BCUT2D eigenvalue weighted by molar-refractivity contribution is -0.148. The Morgan fingerprint density at radius 1 is 1.37 bits per heavy atom. The fraction of sp³-hybridized carbons (Fsp3) is 0.273. The van der Waals surface area contributed by atoms with E-state index in [4.69, 9.17) is 10.8 Å². The zero-order valence-corrected chi connectivity index (χ0v) is 9.61. The van der Waals surface area contributed by atoms with Crippen LogP contribution in [0.15, 0.2) is 23.0 Å². The number of nitrogens with two attached hydrogens (primary N) is 1. The third-order valence-corrected chi connectivity index (χ3v) is 2.56. The Morgan fingerprint density at radius 2 is 2.05 bits per heavy atom. The van der Waals surface area contributed by atoms with E-state index in [1.165, 1.54) is 18.2 Å². The van der Waals surface area contributed by atoms with Crippen molar-refractivity contribution in [2.75, 3.05) is 12.3 Å². The number of fused-ring (bicyclic) bond motifs is 1. The van der Waals surface area contributed by atoms with Crippen LogP contribution in [0.25, 0.3) is 10.9 Å². The van der Waals surface area contributed by atoms with Crippen molar-refractivity contribution in [3.8, 4) is 0 Å². The molecule has 0 aliphatic heterocycles. The second-order valence-corrected chi connectivity index (χ2v) is 3.89. The predicted octanol–water partition coefficient (Wildman–Crippen LogP) is 0.990. The van der Waals surface area contributed by atoms with Gasteiger partial charge in [-0.3, -0.25) is 9.36 Å². The molecule has 0 unspecified atom stereocenters. The average Bonchev–Trinajstić information content (AvgIpc) is 2.32. The standard InChI is InChI=1S/C11H10F3N3O2/c12-11(13,14)10-16-8-2-1-6(15)5-7(8)9(19)17(10)3-4-18/h1-2,5,18H,3-4,15H2. The Kier molecular flexibility index (Phi) is 3.19. The minimum atomic E-state index is -4.77. The number of hydrogen-bond acceptors (Lipinski definition) is 4. The molecule has 8 heteroatoms. The molecule has 0 aliphatic carbocycles. The molecule has 1 aromatic heterocycles. The molecule has 0 amide bonds. The van der Waals surface area contributed by atoms with Gasteiger partial charge in [-0.15, -0.1) is 0 Å². The summed E-state index contributed by atoms with van der Waals surface area (Å²) < 4.78 is 38.9. The number of aromatic nitrogens is 2. The van der Waals surface area contributed by atoms with Gasteiger partial charge in [-0.05, 0) is 18.2 Å². The molecule has 0 saturated carbocycles. The Bertz CT molecular complexity index is 679. The van der Waals surface area contributed by atoms with Gasteiger partial charge in [0, 0.05) is 5.69 Å². The maximum absolute atomic E-state index is 12.8. The normalized spacial score (nSPS) is 12.0. The molecule has 0 radical (unpaired) electrons. The van der Waals surface area contributed by atoms with Crippen LogP contribution >= 0.6 is 0 Å². The number of hydrogen-bond donors (Lipinski definition) is 2. The molecule has 1 aromatic carbocycles. The summed E-state index contributed by atoms with van der Waals surface area (Å²) >= 11 is 0. The first kappa shape index (κ1) is 13.3. The first-order valence-corrected chi connectivity index (χ1v) is 5.32. The summed E-state index contributed by atoms with van der Waals surface area (Å²) in [6, 6.07) is 3.88. The smallest absolute Gasteiger partial charge is 0.399 e. The van der Waals surface area contributed by atoms with Gasteiger partial charge < -0.3 is 10.8 Å². The van der Waals surface area contributed by atoms with Gasteiger partial charge in [-0.25, -0.2) is 4.98 Å². The SMILES string of the molecule is Nc1ccc2nc(C(F)(F)F)n(CCO)c(=O)c2c1. The van der Waals surface area contributed by atoms with Crippen molar-refractivity contribution in [1.29, 1.82) is 0 Å². The van der Waals surface area contributed by atoms with Crippen molar-refractivity contribution in [3.63, 3.8) is 0 Å². The molecule has 0 atom stereocenters. The Hall–Kier alpha value is -2.09. The summed E-state index contributed by atoms with van der Waals surface area (Å²) in [5.41, 5.74) is 4.79. The fourth-order valence-corrected chi connectivity index (χ4v) is 1.76. The topological polar surface area (TPSA) is 81.1 Å². The van der Waals surface area contributed by atoms with E-state index in [0.29, 0.717) is 4.57 Å². The highest BCUT2D eigenvalue weighted by atomic mass is 19.4. The van der Waals surface area contributed by atoms with E-state index >= 15 is 0 Å². The van der Waals surface area contributed by atoms with Gasteiger partial charge >= 0.3 is 6.18 Å². The van der Waals surface area contributed by atoms with E-state index in [0.717, 1.165) is 0 Å². The summed E-state index contributed by atoms with van der Waals surface area (Å²) in [6.07, 6.45) is -4.77. The maximum atomic E-state index is 12.8. The molecule has 0 aliphatic rings. The second kappa shape index (κ2) is 4.54. The molecule has 2 aromatic rings. The number of nitrogen functional groups attached to an aromatic ring is 1. The summed E-state index contributed by atoms with van der Waals surface area (Å²) in [6.45, 7) is -1.08. The number of aliphatic hydroxyl groups excluding tert-OH is 1. The largest absolute Gasteiger partial charge is 0.449 e. The van der Waals surface area contributed by atoms with Gasteiger partial charge in [0.05, 0.1) is 24.1 Å². The van der Waals surface area contributed by atoms with E-state index in [9.17, 15) is 18.0 Å². The monoisotopic (exact) mass is 273 g/mol. The van der Waals surface area contributed by atoms with E-state index < -0.39 is 30.7 Å². The summed E-state index contributed by atoms with van der Waals surface area (Å²) in [7, 11) is 0. The van der Waals surface area contributed by atoms with Crippen LogP contribution in [0.4, 0.5) is 18.9 Å². The van der Waals surface area contributed by atoms with Gasteiger partial charge in [0.2, 0.25) is 5.82 Å². The van der Waals surface area contributed by atoms with Crippen molar-refractivity contribution < 1.29 is 18.3 Å². The molecular formula is C11H10F3N3O2. The highest BCUT2D eigenvalue weighted by molar-refractivity contribution is 5.81. The van der Waals surface area contributed by atoms with Crippen molar-refractivity contribution in [2.24, 2.45) is 0 Å². The molecule has 1 heterocycles. The minimum Gasteiger partial charge on any atom is -0.399 e. The third-order valence-electron chi connectivity index (χ3n) is 2.56. The van der Waals surface area contributed by atoms with E-state index in [-0.39, 0.29) is 16.6 Å². The van der Waals surface area contributed by atoms with Crippen molar-refractivity contribution in [3.05, 3.63) is 34.4 Å². The number of halogens is 3. The number of nitrogens with zero attached hydrogens (tertiary/aromatic N) is 2. The van der Waals surface area contributed by atoms with Crippen LogP contribution in [0.5, 0.6) is 0 Å². The average molecular weight is 273 g/mol. The van der Waals surface area contributed by atoms with Crippen molar-refractivity contribution >= 4 is 16.6 Å². The number of benzene rings is 1. The van der Waals surface area contributed by atoms with E-state index in [2.05, 4.69) is 4.98 Å². The summed E-state index contributed by atoms with van der Waals surface area (Å²) in [5.74, 6) is -1.33. The zero-order chi connectivity index (χ0) is 14.2. The lowest BCUT2D eigenvalue weighted by Crippen LogP contribution is -2.31. The highest BCUT2D eigenvalue weighted by Crippen LogP contribution is 2.28. The van der Waals surface area contributed by atoms with Crippen LogP contribution in [0.2, 0.25) is 0 Å². The molecule has 2 rings (SSSR count). The predicted molar refractivity (Wildman–Crippen MR) is 62.5 cm³/mol. The molecule has 0 saturated heterocycles. The van der Waals surface area contributed by atoms with Crippen LogP contribution in [-0.4, -0.2) is 21.3 Å². The molecule has 0 bridgehead atoms. The summed E-state index contributed by atoms with van der Waals surface area (Å²) in [4.78, 5) is 15.4. The van der Waals surface area contributed by atoms with Gasteiger partial charge in [0.15, 0.2) is 0 Å². The number of alkyl halides is 3. The number of anilines is 1. The molecule has 102 valence electrons. The lowest BCUT2D eigenvalue weighted by Gasteiger charge is -2.14. The van der Waals surface area contributed by atoms with Crippen LogP contribution in [0.1, 0.15) is 5.82 Å². The first-order chi connectivity index (χ1) is 8.84. The number of rotatable bonds is 2. The summed E-state index contributed by atoms with van der Waals surface area (Å²) in [5, 5.41) is 8.77. The van der Waals surface area contributed by atoms with Gasteiger partial charge in [-0.1, -0.05) is 0 Å². The molecule has 0 spiro atoms. The van der Waals surface area contributed by atoms with E-state index in [1.807, 2.05) is 0 Å². The quantitative estimate of drug-likeness (QED) is 0.799. The zero-order valence-electron chi connectivity index (χ0n) is 9.61.